The average Bonchev–Trinajstić information content (AvgIpc) is 2.70. The number of alkyl carbamates (subject to hydrolysis) is 1. The van der Waals surface area contributed by atoms with Gasteiger partial charge >= 0.3 is 6.09 Å². The monoisotopic (exact) mass is 447 g/mol. The predicted molar refractivity (Wildman–Crippen MR) is 131 cm³/mol. The highest BCUT2D eigenvalue weighted by molar-refractivity contribution is 6.74. The molecule has 0 saturated carbocycles. The molecule has 0 radical (unpaired) electrons. The minimum atomic E-state index is -2.01. The number of nitrogens with one attached hydrogen (secondary N) is 1. The first-order chi connectivity index (χ1) is 14.4. The van der Waals surface area contributed by atoms with Crippen LogP contribution in [-0.4, -0.2) is 40.3 Å². The second kappa shape index (κ2) is 12.2. The van der Waals surface area contributed by atoms with Crippen LogP contribution >= 0.6 is 0 Å². The molecule has 0 aliphatic rings. The van der Waals surface area contributed by atoms with Gasteiger partial charge in [-0.3, -0.25) is 0 Å². The van der Waals surface area contributed by atoms with Crippen molar-refractivity contribution in [3.8, 4) is 0 Å². The van der Waals surface area contributed by atoms with Gasteiger partial charge in [-0.1, -0.05) is 70.2 Å². The van der Waals surface area contributed by atoms with E-state index >= 15 is 0 Å². The molecular formula is C25H41NO4Si. The van der Waals surface area contributed by atoms with Gasteiger partial charge in [0.25, 0.3) is 0 Å². The minimum Gasteiger partial charge on any atom is -0.445 e. The van der Waals surface area contributed by atoms with Crippen LogP contribution in [0.3, 0.4) is 0 Å². The molecule has 0 aromatic heterocycles. The Bertz CT molecular complexity index is 725. The topological polar surface area (TPSA) is 56.8 Å². The number of ether oxygens (including phenoxy) is 2. The van der Waals surface area contributed by atoms with Gasteiger partial charge < -0.3 is 19.2 Å². The molecule has 1 rings (SSSR count). The zero-order valence-corrected chi connectivity index (χ0v) is 21.5. The molecule has 1 amide bonds. The van der Waals surface area contributed by atoms with Gasteiger partial charge in [-0.2, -0.15) is 0 Å². The standard InChI is InChI=1S/C25H41NO4Si/c1-10-22(28-7)23(30-31(8,9)25(4,5)6)20(3)16-19(2)18-29-24(27)26-17-21-14-12-11-13-15-21/h10-16,20,22-23H,1,17-18H2,2-9H3,(H,26,27)/b19-16-/t20-,22+,23+/m1/s1. The largest absolute Gasteiger partial charge is 0.445 e. The predicted octanol–water partition coefficient (Wildman–Crippen LogP) is 6.09. The Morgan fingerprint density at radius 2 is 1.84 bits per heavy atom. The van der Waals surface area contributed by atoms with Crippen LogP contribution in [0.25, 0.3) is 0 Å². The Balaban J connectivity index is 2.74. The molecule has 0 unspecified atom stereocenters. The Morgan fingerprint density at radius 3 is 2.35 bits per heavy atom. The van der Waals surface area contributed by atoms with Crippen molar-refractivity contribution in [2.75, 3.05) is 13.7 Å². The van der Waals surface area contributed by atoms with E-state index < -0.39 is 14.4 Å². The molecule has 0 aliphatic carbocycles. The van der Waals surface area contributed by atoms with Crippen LogP contribution in [0, 0.1) is 5.92 Å². The maximum absolute atomic E-state index is 12.0. The van der Waals surface area contributed by atoms with Gasteiger partial charge in [0.05, 0.1) is 6.10 Å². The van der Waals surface area contributed by atoms with Crippen molar-refractivity contribution in [2.24, 2.45) is 5.92 Å². The molecule has 31 heavy (non-hydrogen) atoms. The van der Waals surface area contributed by atoms with Gasteiger partial charge in [0.2, 0.25) is 0 Å². The van der Waals surface area contributed by atoms with Crippen LogP contribution in [0.15, 0.2) is 54.6 Å². The van der Waals surface area contributed by atoms with Gasteiger partial charge in [0, 0.05) is 19.6 Å². The summed E-state index contributed by atoms with van der Waals surface area (Å²) >= 11 is 0. The summed E-state index contributed by atoms with van der Waals surface area (Å²) < 4.78 is 17.7. The molecule has 0 saturated heterocycles. The van der Waals surface area contributed by atoms with E-state index in [9.17, 15) is 4.79 Å². The lowest BCUT2D eigenvalue weighted by Gasteiger charge is -2.42. The zero-order valence-electron chi connectivity index (χ0n) is 20.5. The summed E-state index contributed by atoms with van der Waals surface area (Å²) in [5.41, 5.74) is 1.99. The number of carbonyl (C=O) groups excluding carboxylic acids is 1. The van der Waals surface area contributed by atoms with E-state index in [-0.39, 0.29) is 29.8 Å². The summed E-state index contributed by atoms with van der Waals surface area (Å²) in [7, 11) is -0.330. The summed E-state index contributed by atoms with van der Waals surface area (Å²) in [6.07, 6.45) is 3.08. The van der Waals surface area contributed by atoms with E-state index in [0.29, 0.717) is 6.54 Å². The van der Waals surface area contributed by atoms with Gasteiger partial charge in [-0.25, -0.2) is 4.79 Å². The highest BCUT2D eigenvalue weighted by Gasteiger charge is 2.41. The second-order valence-electron chi connectivity index (χ2n) is 9.57. The molecule has 0 heterocycles. The van der Waals surface area contributed by atoms with Gasteiger partial charge in [-0.05, 0) is 36.2 Å². The number of carbonyl (C=O) groups is 1. The number of benzene rings is 1. The van der Waals surface area contributed by atoms with Crippen molar-refractivity contribution in [1.29, 1.82) is 0 Å². The number of hydrogen-bond acceptors (Lipinski definition) is 4. The molecule has 3 atom stereocenters. The smallest absolute Gasteiger partial charge is 0.407 e. The second-order valence-corrected chi connectivity index (χ2v) is 14.3. The van der Waals surface area contributed by atoms with E-state index in [1.54, 1.807) is 13.2 Å². The van der Waals surface area contributed by atoms with E-state index in [4.69, 9.17) is 13.9 Å². The molecular weight excluding hydrogens is 406 g/mol. The lowest BCUT2D eigenvalue weighted by molar-refractivity contribution is 0.00589. The zero-order chi connectivity index (χ0) is 23.7. The molecule has 174 valence electrons. The Hall–Kier alpha value is -1.89. The van der Waals surface area contributed by atoms with E-state index in [1.807, 2.05) is 37.3 Å². The van der Waals surface area contributed by atoms with E-state index in [1.165, 1.54) is 0 Å². The highest BCUT2D eigenvalue weighted by Crippen LogP contribution is 2.39. The van der Waals surface area contributed by atoms with Gasteiger partial charge in [-0.15, -0.1) is 6.58 Å². The Morgan fingerprint density at radius 1 is 1.23 bits per heavy atom. The SMILES string of the molecule is C=C[C@H](OC)[C@@H](O[Si](C)(C)C(C)(C)C)[C@H](C)/C=C(/C)COC(=O)NCc1ccccc1. The third kappa shape index (κ3) is 9.01. The van der Waals surface area contributed by atoms with Crippen LogP contribution in [0.1, 0.15) is 40.2 Å². The number of methoxy groups -OCH3 is 1. The first-order valence-corrected chi connectivity index (χ1v) is 13.8. The van der Waals surface area contributed by atoms with Crippen molar-refractivity contribution in [2.45, 2.75) is 71.5 Å². The quantitative estimate of drug-likeness (QED) is 0.329. The number of amides is 1. The van der Waals surface area contributed by atoms with Crippen LogP contribution in [0.2, 0.25) is 18.1 Å². The third-order valence-electron chi connectivity index (χ3n) is 5.84. The maximum atomic E-state index is 12.0. The fourth-order valence-electron chi connectivity index (χ4n) is 2.95. The Kier molecular flexibility index (Phi) is 10.7. The van der Waals surface area contributed by atoms with Crippen molar-refractivity contribution in [3.63, 3.8) is 0 Å². The van der Waals surface area contributed by atoms with Gasteiger partial charge in [0.15, 0.2) is 8.32 Å². The first-order valence-electron chi connectivity index (χ1n) is 10.9. The van der Waals surface area contributed by atoms with Crippen molar-refractivity contribution >= 4 is 14.4 Å². The maximum Gasteiger partial charge on any atom is 0.407 e. The van der Waals surface area contributed by atoms with E-state index in [2.05, 4.69) is 58.8 Å². The molecule has 1 aromatic rings. The summed E-state index contributed by atoms with van der Waals surface area (Å²) in [6, 6.07) is 9.74. The van der Waals surface area contributed by atoms with E-state index in [0.717, 1.165) is 11.1 Å². The van der Waals surface area contributed by atoms with Crippen LogP contribution in [0.4, 0.5) is 4.79 Å². The lowest BCUT2D eigenvalue weighted by atomic mass is 9.97. The van der Waals surface area contributed by atoms with Crippen LogP contribution in [-0.2, 0) is 20.4 Å². The Labute approximate surface area is 190 Å². The molecule has 0 fully saturated rings. The highest BCUT2D eigenvalue weighted by atomic mass is 28.4. The summed E-state index contributed by atoms with van der Waals surface area (Å²) in [5.74, 6) is 0.0630. The van der Waals surface area contributed by atoms with Crippen molar-refractivity contribution < 1.29 is 18.7 Å². The number of rotatable bonds is 11. The van der Waals surface area contributed by atoms with Crippen molar-refractivity contribution in [3.05, 3.63) is 60.2 Å². The van der Waals surface area contributed by atoms with Crippen molar-refractivity contribution in [1.82, 2.24) is 5.32 Å². The molecule has 5 nitrogen and oxygen atoms in total. The molecule has 1 N–H and O–H groups in total. The third-order valence-corrected chi connectivity index (χ3v) is 10.3. The minimum absolute atomic E-state index is 0.0630. The summed E-state index contributed by atoms with van der Waals surface area (Å²) in [4.78, 5) is 12.0. The van der Waals surface area contributed by atoms with Crippen LogP contribution < -0.4 is 5.32 Å². The molecule has 0 spiro atoms. The fraction of sp³-hybridized carbons (Fsp3) is 0.560. The number of hydrogen-bond donors (Lipinski definition) is 1. The normalized spacial score (nSPS) is 15.7. The lowest BCUT2D eigenvalue weighted by Crippen LogP contribution is -2.49. The average molecular weight is 448 g/mol. The molecule has 6 heteroatoms. The van der Waals surface area contributed by atoms with Crippen LogP contribution in [0.5, 0.6) is 0 Å². The van der Waals surface area contributed by atoms with Gasteiger partial charge in [0.1, 0.15) is 12.7 Å². The first kappa shape index (κ1) is 27.1. The molecule has 0 aliphatic heterocycles. The fourth-order valence-corrected chi connectivity index (χ4v) is 4.33. The molecule has 1 aromatic carbocycles. The summed E-state index contributed by atoms with van der Waals surface area (Å²) in [5, 5.41) is 2.86. The molecule has 0 bridgehead atoms. The summed E-state index contributed by atoms with van der Waals surface area (Å²) in [6.45, 7) is 19.8.